The van der Waals surface area contributed by atoms with Gasteiger partial charge in [0.25, 0.3) is 0 Å². The first-order valence-electron chi connectivity index (χ1n) is 8.33. The van der Waals surface area contributed by atoms with Crippen LogP contribution in [-0.2, 0) is 4.79 Å². The molecule has 3 rings (SSSR count). The van der Waals surface area contributed by atoms with E-state index in [0.29, 0.717) is 6.04 Å². The Kier molecular flexibility index (Phi) is 4.58. The molecule has 4 atom stereocenters. The minimum atomic E-state index is -0.0339. The maximum absolute atomic E-state index is 12.5. The van der Waals surface area contributed by atoms with Crippen LogP contribution in [0.25, 0.3) is 0 Å². The van der Waals surface area contributed by atoms with Gasteiger partial charge in [0, 0.05) is 18.4 Å². The highest BCUT2D eigenvalue weighted by atomic mass is 16.2. The lowest BCUT2D eigenvalue weighted by molar-refractivity contribution is -0.125. The fourth-order valence-corrected chi connectivity index (χ4v) is 3.81. The molecule has 2 heterocycles. The highest BCUT2D eigenvalue weighted by Crippen LogP contribution is 2.32. The molecule has 3 N–H and O–H groups in total. The molecule has 1 aliphatic carbocycles. The largest absolute Gasteiger partial charge is 0.347 e. The zero-order valence-corrected chi connectivity index (χ0v) is 12.8. The average Bonchev–Trinajstić information content (AvgIpc) is 3.06. The van der Waals surface area contributed by atoms with E-state index in [9.17, 15) is 4.79 Å². The Balaban J connectivity index is 1.57. The van der Waals surface area contributed by atoms with Gasteiger partial charge in [-0.05, 0) is 38.0 Å². The Morgan fingerprint density at radius 2 is 2.24 bits per heavy atom. The first kappa shape index (κ1) is 14.6. The van der Waals surface area contributed by atoms with E-state index in [2.05, 4.69) is 27.5 Å². The van der Waals surface area contributed by atoms with Crippen molar-refractivity contribution in [3.63, 3.8) is 0 Å². The number of carbonyl (C=O) groups excluding carboxylic acids is 1. The number of hydrogen-bond donors (Lipinski definition) is 3. The van der Waals surface area contributed by atoms with Crippen molar-refractivity contribution in [1.82, 2.24) is 20.6 Å². The quantitative estimate of drug-likeness (QED) is 0.797. The number of rotatable bonds is 4. The predicted octanol–water partition coefficient (Wildman–Crippen LogP) is 2.29. The van der Waals surface area contributed by atoms with E-state index in [4.69, 9.17) is 0 Å². The summed E-state index contributed by atoms with van der Waals surface area (Å²) in [6.07, 6.45) is 11.7. The van der Waals surface area contributed by atoms with Crippen molar-refractivity contribution in [2.45, 2.75) is 70.0 Å². The molecule has 0 aromatic carbocycles. The van der Waals surface area contributed by atoms with E-state index in [1.807, 2.05) is 0 Å². The van der Waals surface area contributed by atoms with E-state index in [1.54, 1.807) is 12.4 Å². The number of amides is 1. The first-order valence-corrected chi connectivity index (χ1v) is 8.33. The maximum Gasteiger partial charge on any atom is 0.237 e. The van der Waals surface area contributed by atoms with E-state index < -0.39 is 0 Å². The molecule has 116 valence electrons. The third kappa shape index (κ3) is 3.28. The van der Waals surface area contributed by atoms with Crippen LogP contribution in [0.5, 0.6) is 0 Å². The van der Waals surface area contributed by atoms with Crippen LogP contribution in [0.1, 0.15) is 63.7 Å². The summed E-state index contributed by atoms with van der Waals surface area (Å²) in [5.41, 5.74) is 0. The topological polar surface area (TPSA) is 69.8 Å². The number of fused-ring (bicyclic) bond motifs is 1. The van der Waals surface area contributed by atoms with Crippen molar-refractivity contribution >= 4 is 5.91 Å². The molecule has 1 aromatic heterocycles. The molecule has 5 heteroatoms. The molecule has 1 saturated carbocycles. The van der Waals surface area contributed by atoms with Crippen molar-refractivity contribution < 1.29 is 4.79 Å². The maximum atomic E-state index is 12.5. The second kappa shape index (κ2) is 6.60. The van der Waals surface area contributed by atoms with Crippen LogP contribution >= 0.6 is 0 Å². The molecule has 0 bridgehead atoms. The molecule has 5 nitrogen and oxygen atoms in total. The minimum absolute atomic E-state index is 0.0154. The highest BCUT2D eigenvalue weighted by molar-refractivity contribution is 5.82. The molecule has 1 aromatic rings. The van der Waals surface area contributed by atoms with Crippen LogP contribution in [0, 0.1) is 5.92 Å². The number of hydrogen-bond acceptors (Lipinski definition) is 3. The van der Waals surface area contributed by atoms with E-state index in [-0.39, 0.29) is 18.0 Å². The number of aromatic nitrogens is 2. The van der Waals surface area contributed by atoms with Gasteiger partial charge in [0.05, 0.1) is 12.1 Å². The fraction of sp³-hybridized carbons (Fsp3) is 0.750. The van der Waals surface area contributed by atoms with E-state index in [0.717, 1.165) is 24.6 Å². The normalized spacial score (nSPS) is 30.4. The summed E-state index contributed by atoms with van der Waals surface area (Å²) < 4.78 is 0. The van der Waals surface area contributed by atoms with Crippen molar-refractivity contribution in [3.05, 3.63) is 18.2 Å². The summed E-state index contributed by atoms with van der Waals surface area (Å²) in [6.45, 7) is 2.07. The Bertz CT molecular complexity index is 459. The number of aromatic amines is 1. The van der Waals surface area contributed by atoms with Crippen LogP contribution in [0.15, 0.2) is 12.4 Å². The van der Waals surface area contributed by atoms with Gasteiger partial charge in [-0.15, -0.1) is 0 Å². The molecule has 4 unspecified atom stereocenters. The van der Waals surface area contributed by atoms with Crippen molar-refractivity contribution in [2.75, 3.05) is 0 Å². The molecule has 2 fully saturated rings. The highest BCUT2D eigenvalue weighted by Gasteiger charge is 2.34. The van der Waals surface area contributed by atoms with E-state index in [1.165, 1.54) is 32.1 Å². The van der Waals surface area contributed by atoms with Crippen LogP contribution < -0.4 is 10.6 Å². The van der Waals surface area contributed by atoms with Gasteiger partial charge in [-0.2, -0.15) is 0 Å². The van der Waals surface area contributed by atoms with Crippen molar-refractivity contribution in [3.8, 4) is 0 Å². The summed E-state index contributed by atoms with van der Waals surface area (Å²) in [5, 5.41) is 6.73. The number of nitrogens with one attached hydrogen (secondary N) is 3. The van der Waals surface area contributed by atoms with Gasteiger partial charge < -0.3 is 15.6 Å². The predicted molar refractivity (Wildman–Crippen MR) is 81.7 cm³/mol. The number of piperidine rings is 1. The smallest absolute Gasteiger partial charge is 0.237 e. The summed E-state index contributed by atoms with van der Waals surface area (Å²) in [6, 6.07) is 0.499. The monoisotopic (exact) mass is 290 g/mol. The second-order valence-corrected chi connectivity index (χ2v) is 6.39. The lowest BCUT2D eigenvalue weighted by atomic mass is 9.77. The standard InChI is InChI=1S/C16H26N4O/c1-2-12(15-17-9-10-18-15)20-16(21)14-8-7-11-5-3-4-6-13(11)19-14/h9-14,19H,2-8H2,1H3,(H,17,18)(H,20,21). The number of H-pyrrole nitrogens is 1. The summed E-state index contributed by atoms with van der Waals surface area (Å²) in [5.74, 6) is 1.76. The lowest BCUT2D eigenvalue weighted by Gasteiger charge is -2.40. The van der Waals surface area contributed by atoms with Gasteiger partial charge in [0.15, 0.2) is 0 Å². The van der Waals surface area contributed by atoms with E-state index >= 15 is 0 Å². The van der Waals surface area contributed by atoms with Crippen LogP contribution in [0.3, 0.4) is 0 Å². The minimum Gasteiger partial charge on any atom is -0.347 e. The first-order chi connectivity index (χ1) is 10.3. The summed E-state index contributed by atoms with van der Waals surface area (Å²) in [4.78, 5) is 19.9. The Labute approximate surface area is 126 Å². The molecule has 1 saturated heterocycles. The van der Waals surface area contributed by atoms with Crippen molar-refractivity contribution in [1.29, 1.82) is 0 Å². The molecule has 2 aliphatic rings. The number of imidazole rings is 1. The van der Waals surface area contributed by atoms with Gasteiger partial charge in [-0.25, -0.2) is 4.98 Å². The van der Waals surface area contributed by atoms with Gasteiger partial charge in [0.2, 0.25) is 5.91 Å². The van der Waals surface area contributed by atoms with Crippen LogP contribution in [-0.4, -0.2) is 28.0 Å². The molecule has 0 radical (unpaired) electrons. The van der Waals surface area contributed by atoms with Crippen LogP contribution in [0.2, 0.25) is 0 Å². The zero-order valence-electron chi connectivity index (χ0n) is 12.8. The van der Waals surface area contributed by atoms with Gasteiger partial charge in [-0.3, -0.25) is 4.79 Å². The second-order valence-electron chi connectivity index (χ2n) is 6.39. The number of nitrogens with zero attached hydrogens (tertiary/aromatic N) is 1. The van der Waals surface area contributed by atoms with Gasteiger partial charge >= 0.3 is 0 Å². The third-order valence-electron chi connectivity index (χ3n) is 5.04. The SMILES string of the molecule is CCC(NC(=O)C1CCC2CCCCC2N1)c1ncc[nH]1. The van der Waals surface area contributed by atoms with Crippen molar-refractivity contribution in [2.24, 2.45) is 5.92 Å². The summed E-state index contributed by atoms with van der Waals surface area (Å²) >= 11 is 0. The Morgan fingerprint density at radius 3 is 3.00 bits per heavy atom. The molecular formula is C16H26N4O. The Morgan fingerprint density at radius 1 is 1.38 bits per heavy atom. The van der Waals surface area contributed by atoms with Gasteiger partial charge in [0.1, 0.15) is 5.82 Å². The number of carbonyl (C=O) groups is 1. The molecule has 1 amide bonds. The molecule has 21 heavy (non-hydrogen) atoms. The summed E-state index contributed by atoms with van der Waals surface area (Å²) in [7, 11) is 0. The van der Waals surface area contributed by atoms with Crippen LogP contribution in [0.4, 0.5) is 0 Å². The lowest BCUT2D eigenvalue weighted by Crippen LogP contribution is -2.55. The Hall–Kier alpha value is -1.36. The fourth-order valence-electron chi connectivity index (χ4n) is 3.81. The third-order valence-corrected chi connectivity index (χ3v) is 5.04. The van der Waals surface area contributed by atoms with Gasteiger partial charge in [-0.1, -0.05) is 19.8 Å². The average molecular weight is 290 g/mol. The molecule has 0 spiro atoms. The molecule has 1 aliphatic heterocycles. The zero-order chi connectivity index (χ0) is 14.7. The molecular weight excluding hydrogens is 264 g/mol.